The molecule has 10 heterocycles. The molecule has 18 heteroatoms. The highest BCUT2D eigenvalue weighted by molar-refractivity contribution is 7.16. The van der Waals surface area contributed by atoms with Crippen molar-refractivity contribution in [1.82, 2.24) is 60.3 Å². The van der Waals surface area contributed by atoms with E-state index in [0.29, 0.717) is 11.1 Å². The summed E-state index contributed by atoms with van der Waals surface area (Å²) >= 11 is 1.24. The van der Waals surface area contributed by atoms with Gasteiger partial charge in [-0.05, 0) is 102 Å². The van der Waals surface area contributed by atoms with Crippen LogP contribution in [0.2, 0.25) is 0 Å². The number of carbonyl (C=O) groups excluding carboxylic acids is 1. The molecule has 17 nitrogen and oxygen atoms in total. The van der Waals surface area contributed by atoms with Gasteiger partial charge in [-0.15, -0.1) is 0 Å². The zero-order chi connectivity index (χ0) is 97.8. The number of aliphatic imine (C=N–C) groups is 1. The van der Waals surface area contributed by atoms with Crippen LogP contribution in [0.5, 0.6) is 0 Å². The van der Waals surface area contributed by atoms with E-state index >= 15 is 0 Å². The van der Waals surface area contributed by atoms with Gasteiger partial charge in [0.05, 0.1) is 56.4 Å². The van der Waals surface area contributed by atoms with Gasteiger partial charge in [-0.2, -0.15) is 20.4 Å². The lowest BCUT2D eigenvalue weighted by Gasteiger charge is -1.91. The molecule has 1 aliphatic rings. The maximum atomic E-state index is 10.9. The summed E-state index contributed by atoms with van der Waals surface area (Å²) in [7, 11) is 0. The van der Waals surface area contributed by atoms with Gasteiger partial charge in [-0.3, -0.25) is 24.5 Å². The first-order valence-electron chi connectivity index (χ1n) is 45.9. The quantitative estimate of drug-likeness (QED) is 0.144. The van der Waals surface area contributed by atoms with Gasteiger partial charge in [0, 0.05) is 81.3 Å². The Morgan fingerprint density at radius 2 is 0.651 bits per heavy atom. The fourth-order valence-electron chi connectivity index (χ4n) is 8.53. The second-order valence-corrected chi connectivity index (χ2v) is 19.9. The standard InChI is InChI=1S/2C9H7N.4C8H6N2.C8H5NO.C7H5NO2.C7H5NOS.18C2H6/c1-2-6-9-8(4-1)5-3-7-10-9;1-2-4-9-7-10-6-5-8(9)3-1;1-3-7-4-2-6-10-8(7)9-5-1;1-2-4-8-7(3-1)5-9-6-10-8;1-2-4-8-6-10-9-5-7(8)3-1;1-2-4-8-7(3-1)5-6-9-10-8;10-8-7-4-2-1-3-6(7)5-9-8;2*9-7-8-5-3-1-2-4-6(5)10-7;18*1-2/h2*1-7H;4*1-6H;1-5H;2*1-4H,(H,8,9);18*1-2H3. The largest absolute Gasteiger partial charge is 0.417 e. The molecule has 0 atom stereocenters. The number of pyridine rings is 4. The van der Waals surface area contributed by atoms with Crippen LogP contribution < -0.4 is 10.6 Å². The fraction of sp³-hybridized carbons (Fsp3) is 0.333. The summed E-state index contributed by atoms with van der Waals surface area (Å²) in [5.74, 6) is -0.531. The number of aromatic nitrogens is 12. The van der Waals surface area contributed by atoms with E-state index in [4.69, 9.17) is 4.42 Å². The van der Waals surface area contributed by atoms with Crippen LogP contribution in [0.3, 0.4) is 0 Å². The van der Waals surface area contributed by atoms with Crippen LogP contribution in [0, 0.1) is 0 Å². The molecule has 17 aromatic rings. The van der Waals surface area contributed by atoms with E-state index in [1.54, 1.807) is 61.7 Å². The van der Waals surface area contributed by atoms with Crippen LogP contribution in [-0.2, 0) is 0 Å². The predicted octanol–water partition coefficient (Wildman–Crippen LogP) is 33.4. The molecule has 8 aromatic carbocycles. The summed E-state index contributed by atoms with van der Waals surface area (Å²) in [5.41, 5.74) is 7.73. The van der Waals surface area contributed by atoms with E-state index in [2.05, 4.69) is 89.5 Å². The van der Waals surface area contributed by atoms with Gasteiger partial charge in [0.2, 0.25) is 0 Å². The molecule has 0 fully saturated rings. The first-order valence-corrected chi connectivity index (χ1v) is 46.8. The van der Waals surface area contributed by atoms with Crippen LogP contribution in [-0.4, -0.2) is 72.4 Å². The maximum absolute atomic E-state index is 10.9. The van der Waals surface area contributed by atoms with Gasteiger partial charge >= 0.3 is 10.6 Å². The third-order valence-corrected chi connectivity index (χ3v) is 13.8. The van der Waals surface area contributed by atoms with Gasteiger partial charge in [0.1, 0.15) is 6.33 Å². The number of H-pyrrole nitrogens is 2. The van der Waals surface area contributed by atoms with Gasteiger partial charge in [-0.25, -0.2) is 29.7 Å². The van der Waals surface area contributed by atoms with Crippen molar-refractivity contribution in [3.63, 3.8) is 0 Å². The van der Waals surface area contributed by atoms with Gasteiger partial charge < -0.3 is 9.40 Å². The minimum atomic E-state index is -0.402. The lowest BCUT2D eigenvalue weighted by atomic mass is 10.1. The Morgan fingerprint density at radius 3 is 1.11 bits per heavy atom. The summed E-state index contributed by atoms with van der Waals surface area (Å²) in [6.07, 6.45) is 19.2. The third kappa shape index (κ3) is 57.7. The molecule has 18 rings (SSSR count). The Kier molecular flexibility index (Phi) is 108. The smallest absolute Gasteiger partial charge is 0.408 e. The Balaban J connectivity index is -0.000000167. The number of benzene rings is 8. The molecule has 1 amide bonds. The Morgan fingerprint density at radius 1 is 0.278 bits per heavy atom. The van der Waals surface area contributed by atoms with Crippen molar-refractivity contribution < 1.29 is 9.21 Å². The van der Waals surface area contributed by atoms with Crippen molar-refractivity contribution in [2.75, 3.05) is 0 Å². The molecule has 0 unspecified atom stereocenters. The Bertz CT molecular complexity index is 4160. The van der Waals surface area contributed by atoms with E-state index < -0.39 is 5.76 Å². The molecule has 1 aliphatic heterocycles. The summed E-state index contributed by atoms with van der Waals surface area (Å²) in [5, 5.41) is 24.5. The van der Waals surface area contributed by atoms with Crippen molar-refractivity contribution in [3.05, 3.63) is 336 Å². The highest BCUT2D eigenvalue weighted by atomic mass is 32.1. The second-order valence-electron chi connectivity index (χ2n) is 18.9. The molecule has 0 bridgehead atoms. The van der Waals surface area contributed by atoms with Crippen LogP contribution >= 0.6 is 11.3 Å². The molecular formula is C108H161N13O4S. The average Bonchev–Trinajstić information content (AvgIpc) is 1.05. The highest BCUT2D eigenvalue weighted by Crippen LogP contribution is 2.16. The minimum Gasteiger partial charge on any atom is -0.408 e. The van der Waals surface area contributed by atoms with Crippen LogP contribution in [0.1, 0.15) is 265 Å². The van der Waals surface area contributed by atoms with E-state index in [1.807, 2.05) is 474 Å². The molecule has 0 spiro atoms. The molecule has 2 N–H and O–H groups in total. The van der Waals surface area contributed by atoms with Gasteiger partial charge in [-0.1, -0.05) is 412 Å². The number of rotatable bonds is 0. The number of hydrogen-bond donors (Lipinski definition) is 2. The molecule has 0 saturated carbocycles. The lowest BCUT2D eigenvalue weighted by molar-refractivity contribution is 0.101. The lowest BCUT2D eigenvalue weighted by Crippen LogP contribution is -1.92. The van der Waals surface area contributed by atoms with Crippen LogP contribution in [0.4, 0.5) is 0 Å². The number of hydrogen-bond acceptors (Lipinski definition) is 15. The number of fused-ring (bicyclic) bond motifs is 9. The van der Waals surface area contributed by atoms with E-state index in [-0.39, 0.29) is 10.8 Å². The number of carbonyl (C=O) groups is 1. The van der Waals surface area contributed by atoms with Crippen molar-refractivity contribution in [1.29, 1.82) is 0 Å². The molecule has 0 radical (unpaired) electrons. The number of nitrogens with zero attached hydrogens (tertiary/aromatic N) is 11. The Hall–Kier alpha value is -12.5. The summed E-state index contributed by atoms with van der Waals surface area (Å²) < 4.78 is 5.78. The molecule has 126 heavy (non-hydrogen) atoms. The SMILES string of the molecule is CC.CC.CC.CC.CC.CC.CC.CC.CC.CC.CC.CC.CC.CC.CC.CC.CC.CC.O=C1N=Cc2ccccc21.O=c1[nH]c2ccccc2o1.O=c1[nH]c2ccccc2s1.c1ccc2cnccc2c1.c1ccc2cnncc2c1.c1ccc2ncccc2c1.c1ccc2ncncc2c1.c1ccc2nnccc2c1.c1cnc2ncccc2c1. The number of para-hydroxylation sites is 5. The predicted molar refractivity (Wildman–Crippen MR) is 564 cm³/mol. The van der Waals surface area contributed by atoms with Crippen molar-refractivity contribution >= 4 is 110 Å². The maximum Gasteiger partial charge on any atom is 0.417 e. The topological polar surface area (TPSA) is 237 Å². The van der Waals surface area contributed by atoms with Gasteiger partial charge in [0.25, 0.3) is 5.91 Å². The first-order chi connectivity index (χ1) is 62.4. The Labute approximate surface area is 765 Å². The zero-order valence-corrected chi connectivity index (χ0v) is 84.7. The van der Waals surface area contributed by atoms with E-state index in [1.165, 1.54) is 27.5 Å². The summed E-state index contributed by atoms with van der Waals surface area (Å²) in [4.78, 5) is 65.4. The molecular weight excluding hydrogens is 1580 g/mol. The van der Waals surface area contributed by atoms with Crippen LogP contribution in [0.25, 0.3) is 86.6 Å². The van der Waals surface area contributed by atoms with Crippen LogP contribution in [0.15, 0.2) is 324 Å². The fourth-order valence-corrected chi connectivity index (χ4v) is 9.27. The molecule has 0 saturated heterocycles. The van der Waals surface area contributed by atoms with E-state index in [9.17, 15) is 14.4 Å². The van der Waals surface area contributed by atoms with E-state index in [0.717, 1.165) is 70.4 Å². The average molecular weight is 1740 g/mol. The van der Waals surface area contributed by atoms with Gasteiger partial charge in [0.15, 0.2) is 11.2 Å². The third-order valence-electron chi connectivity index (χ3n) is 12.9. The monoisotopic (exact) mass is 1740 g/mol. The second kappa shape index (κ2) is 103. The van der Waals surface area contributed by atoms with Crippen molar-refractivity contribution in [3.8, 4) is 0 Å². The number of amides is 1. The summed E-state index contributed by atoms with van der Waals surface area (Å²) in [6.45, 7) is 72.0. The van der Waals surface area contributed by atoms with Crippen molar-refractivity contribution in [2.24, 2.45) is 4.99 Å². The minimum absolute atomic E-state index is 0.0150. The summed E-state index contributed by atoms with van der Waals surface area (Å²) in [6, 6.07) is 78.1. The number of thiazole rings is 1. The normalized spacial score (nSPS) is 8.37. The number of oxazole rings is 1. The first kappa shape index (κ1) is 132. The highest BCUT2D eigenvalue weighted by Gasteiger charge is 2.12. The molecule has 9 aromatic heterocycles. The number of nitrogens with one attached hydrogen (secondary N) is 2. The zero-order valence-electron chi connectivity index (χ0n) is 83.9. The molecule has 688 valence electrons. The molecule has 0 aliphatic carbocycles. The number of aromatic amines is 2. The van der Waals surface area contributed by atoms with Crippen molar-refractivity contribution in [2.45, 2.75) is 249 Å².